The lowest BCUT2D eigenvalue weighted by molar-refractivity contribution is 0.239. The Balaban J connectivity index is 2.54. The highest BCUT2D eigenvalue weighted by atomic mass is 16.5. The number of hydrogen-bond donors (Lipinski definition) is 1. The van der Waals surface area contributed by atoms with Gasteiger partial charge in [-0.1, -0.05) is 43.0 Å². The van der Waals surface area contributed by atoms with Crippen LogP contribution in [0.3, 0.4) is 0 Å². The zero-order chi connectivity index (χ0) is 11.4. The molecular formula is C14H14O2. The lowest BCUT2D eigenvalue weighted by Crippen LogP contribution is -1.91. The summed E-state index contributed by atoms with van der Waals surface area (Å²) in [5.74, 6) is 0. The summed E-state index contributed by atoms with van der Waals surface area (Å²) >= 11 is 0. The predicted molar refractivity (Wildman–Crippen MR) is 64.9 cm³/mol. The Morgan fingerprint density at radius 1 is 1.06 bits per heavy atom. The van der Waals surface area contributed by atoms with E-state index in [1.54, 1.807) is 0 Å². The fraction of sp³-hybridized carbons (Fsp3) is 0.143. The van der Waals surface area contributed by atoms with Crippen molar-refractivity contribution in [1.29, 1.82) is 0 Å². The zero-order valence-electron chi connectivity index (χ0n) is 9.02. The molecule has 0 aliphatic carbocycles. The van der Waals surface area contributed by atoms with Gasteiger partial charge in [-0.3, -0.25) is 0 Å². The third kappa shape index (κ3) is 1.92. The standard InChI is InChI=1S/C14H14O2/c1-2-16-10-12-6-4-7-13-11(9-15)5-3-8-14(12)13/h2-8,15H,1,9-10H2. The molecule has 0 saturated heterocycles. The lowest BCUT2D eigenvalue weighted by atomic mass is 10.0. The number of ether oxygens (including phenoxy) is 1. The second kappa shape index (κ2) is 4.81. The minimum Gasteiger partial charge on any atom is -0.497 e. The molecule has 0 aliphatic heterocycles. The van der Waals surface area contributed by atoms with Crippen LogP contribution in [-0.4, -0.2) is 5.11 Å². The minimum atomic E-state index is 0.0586. The molecule has 0 fully saturated rings. The van der Waals surface area contributed by atoms with Crippen molar-refractivity contribution < 1.29 is 9.84 Å². The molecule has 16 heavy (non-hydrogen) atoms. The summed E-state index contributed by atoms with van der Waals surface area (Å²) in [5.41, 5.74) is 2.05. The van der Waals surface area contributed by atoms with E-state index >= 15 is 0 Å². The van der Waals surface area contributed by atoms with Gasteiger partial charge in [-0.2, -0.15) is 0 Å². The van der Waals surface area contributed by atoms with Gasteiger partial charge in [-0.25, -0.2) is 0 Å². The number of benzene rings is 2. The molecule has 0 amide bonds. The van der Waals surface area contributed by atoms with E-state index in [1.807, 2.05) is 36.4 Å². The largest absolute Gasteiger partial charge is 0.497 e. The number of aliphatic hydroxyl groups is 1. The smallest absolute Gasteiger partial charge is 0.113 e. The van der Waals surface area contributed by atoms with Gasteiger partial charge in [0.25, 0.3) is 0 Å². The van der Waals surface area contributed by atoms with Crippen molar-refractivity contribution in [2.75, 3.05) is 0 Å². The van der Waals surface area contributed by atoms with E-state index in [9.17, 15) is 5.11 Å². The van der Waals surface area contributed by atoms with Crippen LogP contribution in [0, 0.1) is 0 Å². The monoisotopic (exact) mass is 214 g/mol. The third-order valence-corrected chi connectivity index (χ3v) is 2.63. The molecule has 0 atom stereocenters. The Kier molecular flexibility index (Phi) is 3.22. The van der Waals surface area contributed by atoms with Crippen LogP contribution >= 0.6 is 0 Å². The van der Waals surface area contributed by atoms with Gasteiger partial charge in [0, 0.05) is 0 Å². The van der Waals surface area contributed by atoms with Crippen molar-refractivity contribution in [3.8, 4) is 0 Å². The molecule has 0 radical (unpaired) electrons. The van der Waals surface area contributed by atoms with E-state index in [-0.39, 0.29) is 6.61 Å². The van der Waals surface area contributed by atoms with Crippen LogP contribution in [0.5, 0.6) is 0 Å². The molecule has 0 heterocycles. The summed E-state index contributed by atoms with van der Waals surface area (Å²) < 4.78 is 5.20. The molecule has 0 saturated carbocycles. The van der Waals surface area contributed by atoms with Gasteiger partial charge in [0.1, 0.15) is 6.61 Å². The van der Waals surface area contributed by atoms with Crippen molar-refractivity contribution in [3.05, 3.63) is 60.4 Å². The molecule has 0 spiro atoms. The first-order valence-corrected chi connectivity index (χ1v) is 5.19. The molecule has 0 aliphatic rings. The first-order chi connectivity index (χ1) is 7.86. The van der Waals surface area contributed by atoms with Crippen molar-refractivity contribution >= 4 is 10.8 Å². The van der Waals surface area contributed by atoms with Gasteiger partial charge >= 0.3 is 0 Å². The summed E-state index contributed by atoms with van der Waals surface area (Å²) in [4.78, 5) is 0. The predicted octanol–water partition coefficient (Wildman–Crippen LogP) is 2.99. The molecule has 2 aromatic rings. The van der Waals surface area contributed by atoms with Gasteiger partial charge in [0.05, 0.1) is 12.9 Å². The average molecular weight is 214 g/mol. The highest BCUT2D eigenvalue weighted by molar-refractivity contribution is 5.88. The van der Waals surface area contributed by atoms with Gasteiger partial charge < -0.3 is 9.84 Å². The Bertz CT molecular complexity index is 503. The Morgan fingerprint density at radius 3 is 2.31 bits per heavy atom. The second-order valence-electron chi connectivity index (χ2n) is 3.57. The van der Waals surface area contributed by atoms with Crippen molar-refractivity contribution in [1.82, 2.24) is 0 Å². The maximum absolute atomic E-state index is 9.26. The fourth-order valence-corrected chi connectivity index (χ4v) is 1.85. The molecule has 2 rings (SSSR count). The molecule has 0 bridgehead atoms. The van der Waals surface area contributed by atoms with Gasteiger partial charge in [-0.05, 0) is 21.9 Å². The molecular weight excluding hydrogens is 200 g/mol. The molecule has 2 aromatic carbocycles. The molecule has 82 valence electrons. The number of rotatable bonds is 4. The lowest BCUT2D eigenvalue weighted by Gasteiger charge is -2.08. The first-order valence-electron chi connectivity index (χ1n) is 5.19. The van der Waals surface area contributed by atoms with E-state index in [4.69, 9.17) is 4.74 Å². The first kappa shape index (κ1) is 10.7. The van der Waals surface area contributed by atoms with Gasteiger partial charge in [0.2, 0.25) is 0 Å². The van der Waals surface area contributed by atoms with Crippen molar-refractivity contribution in [2.45, 2.75) is 13.2 Å². The average Bonchev–Trinajstić information content (AvgIpc) is 2.35. The normalized spacial score (nSPS) is 10.3. The highest BCUT2D eigenvalue weighted by Crippen LogP contribution is 2.23. The Labute approximate surface area is 94.8 Å². The van der Waals surface area contributed by atoms with Gasteiger partial charge in [-0.15, -0.1) is 0 Å². The van der Waals surface area contributed by atoms with Crippen LogP contribution in [0.15, 0.2) is 49.2 Å². The Morgan fingerprint density at radius 2 is 1.69 bits per heavy atom. The Hall–Kier alpha value is -1.80. The number of aliphatic hydroxyl groups excluding tert-OH is 1. The summed E-state index contributed by atoms with van der Waals surface area (Å²) in [7, 11) is 0. The second-order valence-corrected chi connectivity index (χ2v) is 3.57. The van der Waals surface area contributed by atoms with E-state index in [2.05, 4.69) is 6.58 Å². The van der Waals surface area contributed by atoms with E-state index in [0.29, 0.717) is 6.61 Å². The minimum absolute atomic E-state index is 0.0586. The number of fused-ring (bicyclic) bond motifs is 1. The molecule has 0 unspecified atom stereocenters. The molecule has 2 nitrogen and oxygen atoms in total. The van der Waals surface area contributed by atoms with Crippen LogP contribution < -0.4 is 0 Å². The van der Waals surface area contributed by atoms with Crippen molar-refractivity contribution in [3.63, 3.8) is 0 Å². The van der Waals surface area contributed by atoms with Crippen LogP contribution in [0.4, 0.5) is 0 Å². The fourth-order valence-electron chi connectivity index (χ4n) is 1.85. The summed E-state index contributed by atoms with van der Waals surface area (Å²) in [6.07, 6.45) is 1.44. The zero-order valence-corrected chi connectivity index (χ0v) is 9.02. The summed E-state index contributed by atoms with van der Waals surface area (Å²) in [6.45, 7) is 4.10. The molecule has 2 heteroatoms. The van der Waals surface area contributed by atoms with E-state index in [0.717, 1.165) is 21.9 Å². The summed E-state index contributed by atoms with van der Waals surface area (Å²) in [6, 6.07) is 11.9. The van der Waals surface area contributed by atoms with E-state index < -0.39 is 0 Å². The van der Waals surface area contributed by atoms with Crippen LogP contribution in [0.1, 0.15) is 11.1 Å². The topological polar surface area (TPSA) is 29.5 Å². The van der Waals surface area contributed by atoms with Gasteiger partial charge in [0.15, 0.2) is 0 Å². The van der Waals surface area contributed by atoms with Crippen LogP contribution in [-0.2, 0) is 18.0 Å². The summed E-state index contributed by atoms with van der Waals surface area (Å²) in [5, 5.41) is 11.5. The maximum atomic E-state index is 9.26. The van der Waals surface area contributed by atoms with Crippen molar-refractivity contribution in [2.24, 2.45) is 0 Å². The van der Waals surface area contributed by atoms with E-state index in [1.165, 1.54) is 6.26 Å². The quantitative estimate of drug-likeness (QED) is 0.793. The third-order valence-electron chi connectivity index (χ3n) is 2.63. The van der Waals surface area contributed by atoms with Crippen LogP contribution in [0.2, 0.25) is 0 Å². The molecule has 0 aromatic heterocycles. The SMILES string of the molecule is C=COCc1cccc2c(CO)cccc12. The highest BCUT2D eigenvalue weighted by Gasteiger charge is 2.03. The van der Waals surface area contributed by atoms with Crippen LogP contribution in [0.25, 0.3) is 10.8 Å². The number of hydrogen-bond acceptors (Lipinski definition) is 2. The molecule has 1 N–H and O–H groups in total. The maximum Gasteiger partial charge on any atom is 0.113 e.